The van der Waals surface area contributed by atoms with Crippen molar-refractivity contribution in [3.8, 4) is 11.5 Å². The second-order valence-corrected chi connectivity index (χ2v) is 7.69. The molecule has 3 aromatic rings. The number of benzene rings is 2. The van der Waals surface area contributed by atoms with E-state index in [-0.39, 0.29) is 0 Å². The molecule has 0 saturated carbocycles. The maximum atomic E-state index is 5.47. The Kier molecular flexibility index (Phi) is 6.20. The molecule has 0 spiro atoms. The smallest absolute Gasteiger partial charge is 0.162 e. The van der Waals surface area contributed by atoms with Gasteiger partial charge in [-0.2, -0.15) is 0 Å². The second kappa shape index (κ2) is 9.19. The highest BCUT2D eigenvalue weighted by atomic mass is 16.5. The van der Waals surface area contributed by atoms with Crippen molar-refractivity contribution in [1.29, 1.82) is 0 Å². The Balaban J connectivity index is 1.37. The summed E-state index contributed by atoms with van der Waals surface area (Å²) in [5, 5.41) is 4.92. The van der Waals surface area contributed by atoms with E-state index in [1.807, 2.05) is 6.07 Å². The Morgan fingerprint density at radius 2 is 1.79 bits per heavy atom. The summed E-state index contributed by atoms with van der Waals surface area (Å²) in [6.07, 6.45) is 11.4. The van der Waals surface area contributed by atoms with Gasteiger partial charge in [0, 0.05) is 41.7 Å². The second-order valence-electron chi connectivity index (χ2n) is 7.69. The predicted octanol–water partition coefficient (Wildman–Crippen LogP) is 5.21. The van der Waals surface area contributed by atoms with Gasteiger partial charge in [0.05, 0.1) is 14.2 Å². The fourth-order valence-electron chi connectivity index (χ4n) is 4.39. The summed E-state index contributed by atoms with van der Waals surface area (Å²) in [5.41, 5.74) is 3.84. The quantitative estimate of drug-likeness (QED) is 0.410. The number of ether oxygens (including phenoxy) is 2. The Bertz CT molecular complexity index is 962. The fourth-order valence-corrected chi connectivity index (χ4v) is 4.39. The molecule has 0 amide bonds. The first kappa shape index (κ1) is 19.6. The largest absolute Gasteiger partial charge is 0.493 e. The molecule has 4 rings (SSSR count). The topological polar surface area (TPSA) is 46.3 Å². The summed E-state index contributed by atoms with van der Waals surface area (Å²) in [6.45, 7) is 0.970. The van der Waals surface area contributed by atoms with Gasteiger partial charge in [0.25, 0.3) is 0 Å². The van der Waals surface area contributed by atoms with Crippen LogP contribution in [0.25, 0.3) is 10.9 Å². The Morgan fingerprint density at radius 1 is 1.00 bits per heavy atom. The van der Waals surface area contributed by atoms with Crippen LogP contribution < -0.4 is 14.8 Å². The van der Waals surface area contributed by atoms with Gasteiger partial charge in [-0.15, -0.1) is 0 Å². The summed E-state index contributed by atoms with van der Waals surface area (Å²) < 4.78 is 10.9. The number of aromatic amines is 1. The molecule has 1 aromatic heterocycles. The highest BCUT2D eigenvalue weighted by molar-refractivity contribution is 5.86. The van der Waals surface area contributed by atoms with Crippen molar-refractivity contribution < 1.29 is 9.47 Å². The number of unbranched alkanes of at least 4 members (excludes halogenated alkanes) is 1. The van der Waals surface area contributed by atoms with Crippen molar-refractivity contribution in [2.24, 2.45) is 0 Å². The molecule has 0 bridgehead atoms. The first-order valence-corrected chi connectivity index (χ1v) is 10.5. The molecule has 2 unspecified atom stereocenters. The number of aryl methyl sites for hydroxylation is 1. The molecule has 0 aliphatic carbocycles. The lowest BCUT2D eigenvalue weighted by molar-refractivity contribution is 0.356. The van der Waals surface area contributed by atoms with E-state index in [4.69, 9.17) is 9.47 Å². The molecule has 0 radical (unpaired) electrons. The summed E-state index contributed by atoms with van der Waals surface area (Å²) in [5.74, 6) is 2.01. The molecule has 1 aliphatic rings. The SMILES string of the molecule is COc1cc2[nH]cc(CCCCC3NCC=CC3c3ccccc3)c2cc1OC. The van der Waals surface area contributed by atoms with Crippen molar-refractivity contribution in [2.45, 2.75) is 37.6 Å². The van der Waals surface area contributed by atoms with Gasteiger partial charge in [-0.05, 0) is 36.5 Å². The van der Waals surface area contributed by atoms with Crippen LogP contribution in [0.2, 0.25) is 0 Å². The molecule has 29 heavy (non-hydrogen) atoms. The molecule has 152 valence electrons. The molecule has 0 saturated heterocycles. The van der Waals surface area contributed by atoms with Crippen LogP contribution in [0.3, 0.4) is 0 Å². The zero-order chi connectivity index (χ0) is 20.1. The van der Waals surface area contributed by atoms with Crippen LogP contribution >= 0.6 is 0 Å². The number of fused-ring (bicyclic) bond motifs is 1. The summed E-state index contributed by atoms with van der Waals surface area (Å²) in [4.78, 5) is 3.38. The van der Waals surface area contributed by atoms with Gasteiger partial charge in [0.1, 0.15) is 0 Å². The van der Waals surface area contributed by atoms with E-state index < -0.39 is 0 Å². The van der Waals surface area contributed by atoms with Gasteiger partial charge in [-0.3, -0.25) is 0 Å². The Morgan fingerprint density at radius 3 is 2.59 bits per heavy atom. The highest BCUT2D eigenvalue weighted by Crippen LogP contribution is 2.34. The zero-order valence-electron chi connectivity index (χ0n) is 17.3. The zero-order valence-corrected chi connectivity index (χ0v) is 17.3. The third-order valence-electron chi connectivity index (χ3n) is 5.94. The first-order chi connectivity index (χ1) is 14.3. The number of H-pyrrole nitrogens is 1. The van der Waals surface area contributed by atoms with Crippen LogP contribution in [-0.4, -0.2) is 31.8 Å². The fraction of sp³-hybridized carbons (Fsp3) is 0.360. The molecule has 4 nitrogen and oxygen atoms in total. The van der Waals surface area contributed by atoms with Crippen LogP contribution in [0, 0.1) is 0 Å². The van der Waals surface area contributed by atoms with Crippen LogP contribution in [0.5, 0.6) is 11.5 Å². The normalized spacial score (nSPS) is 18.8. The van der Waals surface area contributed by atoms with Gasteiger partial charge in [-0.25, -0.2) is 0 Å². The van der Waals surface area contributed by atoms with Gasteiger partial charge in [0.2, 0.25) is 0 Å². The minimum Gasteiger partial charge on any atom is -0.493 e. The van der Waals surface area contributed by atoms with Crippen molar-refractivity contribution >= 4 is 10.9 Å². The Labute approximate surface area is 172 Å². The highest BCUT2D eigenvalue weighted by Gasteiger charge is 2.22. The number of nitrogens with one attached hydrogen (secondary N) is 2. The van der Waals surface area contributed by atoms with Gasteiger partial charge >= 0.3 is 0 Å². The average Bonchev–Trinajstić information content (AvgIpc) is 3.18. The van der Waals surface area contributed by atoms with Crippen LogP contribution in [0.4, 0.5) is 0 Å². The van der Waals surface area contributed by atoms with E-state index in [2.05, 4.69) is 65.0 Å². The minimum absolute atomic E-state index is 0.467. The van der Waals surface area contributed by atoms with Crippen LogP contribution in [-0.2, 0) is 6.42 Å². The van der Waals surface area contributed by atoms with E-state index in [9.17, 15) is 0 Å². The maximum Gasteiger partial charge on any atom is 0.162 e. The summed E-state index contributed by atoms with van der Waals surface area (Å²) >= 11 is 0. The minimum atomic E-state index is 0.467. The van der Waals surface area contributed by atoms with E-state index in [1.165, 1.54) is 35.8 Å². The van der Waals surface area contributed by atoms with Crippen molar-refractivity contribution in [3.05, 3.63) is 71.9 Å². The molecular weight excluding hydrogens is 360 g/mol. The maximum absolute atomic E-state index is 5.47. The molecule has 2 atom stereocenters. The molecule has 2 N–H and O–H groups in total. The van der Waals surface area contributed by atoms with Crippen molar-refractivity contribution in [2.75, 3.05) is 20.8 Å². The van der Waals surface area contributed by atoms with E-state index in [0.717, 1.165) is 30.0 Å². The lowest BCUT2D eigenvalue weighted by atomic mass is 9.86. The number of rotatable bonds is 8. The first-order valence-electron chi connectivity index (χ1n) is 10.5. The number of hydrogen-bond donors (Lipinski definition) is 2. The molecule has 1 aliphatic heterocycles. The van der Waals surface area contributed by atoms with Gasteiger partial charge < -0.3 is 19.8 Å². The molecule has 2 aromatic carbocycles. The standard InChI is InChI=1S/C25H30N2O2/c1-28-24-15-21-19(17-27-23(21)16-25(24)29-2)11-6-7-13-22-20(12-8-14-26-22)18-9-4-3-5-10-18/h3-5,8-10,12,15-17,20,22,26-27H,6-7,11,13-14H2,1-2H3. The molecule has 0 fully saturated rings. The van der Waals surface area contributed by atoms with Gasteiger partial charge in [-0.1, -0.05) is 48.9 Å². The van der Waals surface area contributed by atoms with Crippen molar-refractivity contribution in [3.63, 3.8) is 0 Å². The molecule has 2 heterocycles. The Hall–Kier alpha value is -2.72. The summed E-state index contributed by atoms with van der Waals surface area (Å²) in [6, 6.07) is 15.4. The summed E-state index contributed by atoms with van der Waals surface area (Å²) in [7, 11) is 3.36. The molecule has 4 heteroatoms. The number of hydrogen-bond acceptors (Lipinski definition) is 3. The monoisotopic (exact) mass is 390 g/mol. The van der Waals surface area contributed by atoms with E-state index >= 15 is 0 Å². The third-order valence-corrected chi connectivity index (χ3v) is 5.94. The number of aromatic nitrogens is 1. The van der Waals surface area contributed by atoms with Crippen molar-refractivity contribution in [1.82, 2.24) is 10.3 Å². The average molecular weight is 391 g/mol. The van der Waals surface area contributed by atoms with E-state index in [0.29, 0.717) is 12.0 Å². The third kappa shape index (κ3) is 4.33. The lowest BCUT2D eigenvalue weighted by Crippen LogP contribution is -2.37. The van der Waals surface area contributed by atoms with E-state index in [1.54, 1.807) is 14.2 Å². The predicted molar refractivity (Wildman–Crippen MR) is 119 cm³/mol. The molecular formula is C25H30N2O2. The number of methoxy groups -OCH3 is 2. The van der Waals surface area contributed by atoms with Gasteiger partial charge in [0.15, 0.2) is 11.5 Å². The van der Waals surface area contributed by atoms with Crippen LogP contribution in [0.15, 0.2) is 60.8 Å². The lowest BCUT2D eigenvalue weighted by Gasteiger charge is -2.29. The van der Waals surface area contributed by atoms with Crippen LogP contribution in [0.1, 0.15) is 36.3 Å².